The SMILES string of the molecule is Cc1cc(NC(=O)c2ccc(Cl)cc2N)cc(C)c1Br. The van der Waals surface area contributed by atoms with Gasteiger partial charge in [-0.2, -0.15) is 0 Å². The number of nitrogen functional groups attached to an aromatic ring is 1. The van der Waals surface area contributed by atoms with Crippen LogP contribution < -0.4 is 11.1 Å². The number of hydrogen-bond donors (Lipinski definition) is 2. The Morgan fingerprint density at radius 1 is 1.20 bits per heavy atom. The number of amides is 1. The Balaban J connectivity index is 2.28. The molecule has 2 rings (SSSR count). The van der Waals surface area contributed by atoms with Gasteiger partial charge in [0.1, 0.15) is 0 Å². The van der Waals surface area contributed by atoms with Crippen molar-refractivity contribution >= 4 is 44.8 Å². The molecule has 0 heterocycles. The molecule has 0 unspecified atom stereocenters. The molecule has 0 saturated carbocycles. The van der Waals surface area contributed by atoms with Gasteiger partial charge in [-0.3, -0.25) is 4.79 Å². The van der Waals surface area contributed by atoms with Gasteiger partial charge in [-0.25, -0.2) is 0 Å². The summed E-state index contributed by atoms with van der Waals surface area (Å²) in [5.41, 5.74) is 9.44. The van der Waals surface area contributed by atoms with Crippen molar-refractivity contribution in [3.8, 4) is 0 Å². The summed E-state index contributed by atoms with van der Waals surface area (Å²) in [5.74, 6) is -0.250. The molecule has 0 atom stereocenters. The van der Waals surface area contributed by atoms with E-state index in [2.05, 4.69) is 21.2 Å². The summed E-state index contributed by atoms with van der Waals surface area (Å²) in [7, 11) is 0. The maximum absolute atomic E-state index is 12.2. The smallest absolute Gasteiger partial charge is 0.257 e. The number of nitrogens with one attached hydrogen (secondary N) is 1. The summed E-state index contributed by atoms with van der Waals surface area (Å²) < 4.78 is 1.04. The molecule has 1 amide bonds. The molecule has 0 fully saturated rings. The lowest BCUT2D eigenvalue weighted by atomic mass is 10.1. The fraction of sp³-hybridized carbons (Fsp3) is 0.133. The van der Waals surface area contributed by atoms with Crippen LogP contribution in [0, 0.1) is 13.8 Å². The number of benzene rings is 2. The van der Waals surface area contributed by atoms with E-state index in [1.807, 2.05) is 26.0 Å². The second-order valence-electron chi connectivity index (χ2n) is 4.61. The van der Waals surface area contributed by atoms with Crippen LogP contribution in [0.1, 0.15) is 21.5 Å². The molecule has 0 aromatic heterocycles. The summed E-state index contributed by atoms with van der Waals surface area (Å²) >= 11 is 9.32. The standard InChI is InChI=1S/C15H14BrClN2O/c1-8-5-11(6-9(2)14(8)16)19-15(20)12-4-3-10(17)7-13(12)18/h3-7H,18H2,1-2H3,(H,19,20). The molecule has 5 heteroatoms. The number of carbonyl (C=O) groups is 1. The second kappa shape index (κ2) is 5.85. The van der Waals surface area contributed by atoms with Crippen LogP contribution in [0.2, 0.25) is 5.02 Å². The molecule has 3 N–H and O–H groups in total. The van der Waals surface area contributed by atoms with Gasteiger partial charge >= 0.3 is 0 Å². The van der Waals surface area contributed by atoms with Crippen molar-refractivity contribution in [2.75, 3.05) is 11.1 Å². The number of nitrogens with two attached hydrogens (primary N) is 1. The predicted octanol–water partition coefficient (Wildman–Crippen LogP) is 4.55. The molecule has 0 saturated heterocycles. The summed E-state index contributed by atoms with van der Waals surface area (Å²) in [4.78, 5) is 12.2. The average Bonchev–Trinajstić information content (AvgIpc) is 2.35. The minimum absolute atomic E-state index is 0.250. The molecular weight excluding hydrogens is 340 g/mol. The van der Waals surface area contributed by atoms with Crippen LogP contribution in [0.4, 0.5) is 11.4 Å². The zero-order valence-electron chi connectivity index (χ0n) is 11.1. The van der Waals surface area contributed by atoms with Crippen molar-refractivity contribution in [1.82, 2.24) is 0 Å². The van der Waals surface area contributed by atoms with E-state index in [4.69, 9.17) is 17.3 Å². The normalized spacial score (nSPS) is 10.4. The lowest BCUT2D eigenvalue weighted by molar-refractivity contribution is 0.102. The van der Waals surface area contributed by atoms with Gasteiger partial charge in [-0.05, 0) is 55.3 Å². The highest BCUT2D eigenvalue weighted by Gasteiger charge is 2.11. The first kappa shape index (κ1) is 14.9. The van der Waals surface area contributed by atoms with Crippen molar-refractivity contribution in [2.24, 2.45) is 0 Å². The molecule has 0 spiro atoms. The highest BCUT2D eigenvalue weighted by atomic mass is 79.9. The quantitative estimate of drug-likeness (QED) is 0.778. The number of halogens is 2. The zero-order chi connectivity index (χ0) is 14.9. The van der Waals surface area contributed by atoms with Crippen LogP contribution in [-0.2, 0) is 0 Å². The molecule has 0 bridgehead atoms. The Morgan fingerprint density at radius 3 is 2.35 bits per heavy atom. The fourth-order valence-electron chi connectivity index (χ4n) is 1.96. The lowest BCUT2D eigenvalue weighted by Gasteiger charge is -2.11. The lowest BCUT2D eigenvalue weighted by Crippen LogP contribution is -2.14. The Labute approximate surface area is 131 Å². The first-order valence-corrected chi connectivity index (χ1v) is 7.18. The molecule has 0 aliphatic rings. The topological polar surface area (TPSA) is 55.1 Å². The van der Waals surface area contributed by atoms with E-state index < -0.39 is 0 Å². The van der Waals surface area contributed by atoms with E-state index in [9.17, 15) is 4.79 Å². The molecule has 20 heavy (non-hydrogen) atoms. The van der Waals surface area contributed by atoms with E-state index in [1.165, 1.54) is 0 Å². The van der Waals surface area contributed by atoms with E-state index in [1.54, 1.807) is 18.2 Å². The third kappa shape index (κ3) is 3.14. The van der Waals surface area contributed by atoms with Crippen molar-refractivity contribution < 1.29 is 4.79 Å². The molecule has 0 radical (unpaired) electrons. The Bertz CT molecular complexity index is 663. The average molecular weight is 354 g/mol. The van der Waals surface area contributed by atoms with E-state index >= 15 is 0 Å². The van der Waals surface area contributed by atoms with Gasteiger partial charge in [0.15, 0.2) is 0 Å². The second-order valence-corrected chi connectivity index (χ2v) is 5.84. The van der Waals surface area contributed by atoms with Crippen LogP contribution in [0.15, 0.2) is 34.8 Å². The van der Waals surface area contributed by atoms with Crippen molar-refractivity contribution in [2.45, 2.75) is 13.8 Å². The minimum atomic E-state index is -0.250. The molecule has 104 valence electrons. The largest absolute Gasteiger partial charge is 0.398 e. The van der Waals surface area contributed by atoms with E-state index in [-0.39, 0.29) is 5.91 Å². The number of carbonyl (C=O) groups excluding carboxylic acids is 1. The Hall–Kier alpha value is -1.52. The third-order valence-corrected chi connectivity index (χ3v) is 4.44. The Kier molecular flexibility index (Phi) is 4.35. The van der Waals surface area contributed by atoms with Crippen LogP contribution in [-0.4, -0.2) is 5.91 Å². The third-order valence-electron chi connectivity index (χ3n) is 2.95. The number of rotatable bonds is 2. The molecule has 3 nitrogen and oxygen atoms in total. The highest BCUT2D eigenvalue weighted by molar-refractivity contribution is 9.10. The molecule has 2 aromatic rings. The Morgan fingerprint density at radius 2 is 1.80 bits per heavy atom. The monoisotopic (exact) mass is 352 g/mol. The van der Waals surface area contributed by atoms with Gasteiger partial charge in [-0.1, -0.05) is 27.5 Å². The van der Waals surface area contributed by atoms with Gasteiger partial charge in [0, 0.05) is 20.9 Å². The van der Waals surface area contributed by atoms with Crippen molar-refractivity contribution in [3.63, 3.8) is 0 Å². The van der Waals surface area contributed by atoms with Crippen molar-refractivity contribution in [3.05, 3.63) is 56.5 Å². The highest BCUT2D eigenvalue weighted by Crippen LogP contribution is 2.26. The van der Waals surface area contributed by atoms with Crippen LogP contribution >= 0.6 is 27.5 Å². The van der Waals surface area contributed by atoms with Crippen LogP contribution in [0.25, 0.3) is 0 Å². The van der Waals surface area contributed by atoms with Gasteiger partial charge in [0.25, 0.3) is 5.91 Å². The fourth-order valence-corrected chi connectivity index (χ4v) is 2.37. The number of hydrogen-bond acceptors (Lipinski definition) is 2. The number of anilines is 2. The first-order valence-electron chi connectivity index (χ1n) is 6.01. The summed E-state index contributed by atoms with van der Waals surface area (Å²) in [5, 5.41) is 3.35. The maximum Gasteiger partial charge on any atom is 0.257 e. The summed E-state index contributed by atoms with van der Waals surface area (Å²) in [6.07, 6.45) is 0. The van der Waals surface area contributed by atoms with Gasteiger partial charge in [0.05, 0.1) is 5.56 Å². The van der Waals surface area contributed by atoms with E-state index in [0.717, 1.165) is 21.3 Å². The van der Waals surface area contributed by atoms with Crippen LogP contribution in [0.5, 0.6) is 0 Å². The van der Waals surface area contributed by atoms with E-state index in [0.29, 0.717) is 16.3 Å². The molecule has 0 aliphatic heterocycles. The summed E-state index contributed by atoms with van der Waals surface area (Å²) in [6.45, 7) is 3.95. The van der Waals surface area contributed by atoms with Gasteiger partial charge < -0.3 is 11.1 Å². The first-order chi connectivity index (χ1) is 9.38. The van der Waals surface area contributed by atoms with Gasteiger partial charge in [-0.15, -0.1) is 0 Å². The van der Waals surface area contributed by atoms with Crippen LogP contribution in [0.3, 0.4) is 0 Å². The predicted molar refractivity (Wildman–Crippen MR) is 87.4 cm³/mol. The zero-order valence-corrected chi connectivity index (χ0v) is 13.5. The minimum Gasteiger partial charge on any atom is -0.398 e. The van der Waals surface area contributed by atoms with Crippen molar-refractivity contribution in [1.29, 1.82) is 0 Å². The molecule has 0 aliphatic carbocycles. The molecule has 2 aromatic carbocycles. The van der Waals surface area contributed by atoms with Gasteiger partial charge in [0.2, 0.25) is 0 Å². The maximum atomic E-state index is 12.2. The molecular formula is C15H14BrClN2O. The number of aryl methyl sites for hydroxylation is 2. The summed E-state index contributed by atoms with van der Waals surface area (Å²) in [6, 6.07) is 8.63.